The molecule has 0 aliphatic carbocycles. The number of nitrogens with zero attached hydrogens (tertiary/aromatic N) is 2. The molecule has 0 N–H and O–H groups in total. The van der Waals surface area contributed by atoms with Crippen molar-refractivity contribution in [2.24, 2.45) is 0 Å². The Balaban J connectivity index is 2.53. The van der Waals surface area contributed by atoms with Crippen molar-refractivity contribution >= 4 is 0 Å². The van der Waals surface area contributed by atoms with Gasteiger partial charge in [0.1, 0.15) is 5.69 Å². The molecule has 1 heterocycles. The Morgan fingerprint density at radius 3 is 2.60 bits per heavy atom. The summed E-state index contributed by atoms with van der Waals surface area (Å²) in [5.74, 6) is -0.770. The molecule has 0 amide bonds. The second kappa shape index (κ2) is 5.29. The van der Waals surface area contributed by atoms with Crippen molar-refractivity contribution in [1.29, 1.82) is 5.26 Å². The van der Waals surface area contributed by atoms with Crippen LogP contribution in [0, 0.1) is 17.1 Å². The molecular formula is C14H8F4N2. The highest BCUT2D eigenvalue weighted by Gasteiger charge is 2.30. The molecule has 0 saturated heterocycles. The molecule has 6 heteroatoms. The van der Waals surface area contributed by atoms with Crippen molar-refractivity contribution in [1.82, 2.24) is 4.98 Å². The van der Waals surface area contributed by atoms with E-state index in [0.29, 0.717) is 0 Å². The van der Waals surface area contributed by atoms with Crippen LogP contribution in [0.25, 0.3) is 11.3 Å². The highest BCUT2D eigenvalue weighted by atomic mass is 19.4. The molecule has 0 spiro atoms. The molecule has 0 fully saturated rings. The van der Waals surface area contributed by atoms with Crippen molar-refractivity contribution in [3.05, 3.63) is 53.5 Å². The predicted octanol–water partition coefficient (Wildman–Crippen LogP) is 3.97. The van der Waals surface area contributed by atoms with Crippen LogP contribution in [0.5, 0.6) is 0 Å². The number of pyridine rings is 1. The molecule has 2 rings (SSSR count). The van der Waals surface area contributed by atoms with E-state index < -0.39 is 17.6 Å². The van der Waals surface area contributed by atoms with Crippen LogP contribution in [0.1, 0.15) is 11.1 Å². The average molecular weight is 280 g/mol. The lowest BCUT2D eigenvalue weighted by Gasteiger charge is -2.09. The lowest BCUT2D eigenvalue weighted by Crippen LogP contribution is -2.05. The van der Waals surface area contributed by atoms with Gasteiger partial charge in [0.25, 0.3) is 0 Å². The summed E-state index contributed by atoms with van der Waals surface area (Å²) < 4.78 is 52.0. The summed E-state index contributed by atoms with van der Waals surface area (Å²) in [5, 5.41) is 8.57. The number of benzene rings is 1. The Hall–Kier alpha value is -2.42. The molecule has 0 saturated carbocycles. The van der Waals surface area contributed by atoms with E-state index in [1.165, 1.54) is 24.4 Å². The Morgan fingerprint density at radius 2 is 1.95 bits per heavy atom. The highest BCUT2D eigenvalue weighted by Crippen LogP contribution is 2.32. The normalized spacial score (nSPS) is 11.2. The Morgan fingerprint density at radius 1 is 1.20 bits per heavy atom. The first-order valence-electron chi connectivity index (χ1n) is 5.61. The smallest absolute Gasteiger partial charge is 0.253 e. The SMILES string of the molecule is N#CCc1ccnc(-c2cccc(C(F)(F)F)c2)c1F. The Bertz CT molecular complexity index is 672. The van der Waals surface area contributed by atoms with Crippen LogP contribution >= 0.6 is 0 Å². The van der Waals surface area contributed by atoms with Gasteiger partial charge in [-0.1, -0.05) is 12.1 Å². The minimum Gasteiger partial charge on any atom is -0.253 e. The maximum absolute atomic E-state index is 14.1. The van der Waals surface area contributed by atoms with Crippen LogP contribution < -0.4 is 0 Å². The van der Waals surface area contributed by atoms with Crippen LogP contribution in [-0.2, 0) is 12.6 Å². The number of aromatic nitrogens is 1. The first-order valence-corrected chi connectivity index (χ1v) is 5.61. The quantitative estimate of drug-likeness (QED) is 0.780. The summed E-state index contributed by atoms with van der Waals surface area (Å²) in [4.78, 5) is 3.76. The number of alkyl halides is 3. The highest BCUT2D eigenvalue weighted by molar-refractivity contribution is 5.62. The summed E-state index contributed by atoms with van der Waals surface area (Å²) in [6.45, 7) is 0. The van der Waals surface area contributed by atoms with Crippen molar-refractivity contribution in [3.8, 4) is 17.3 Å². The molecule has 1 aromatic carbocycles. The number of halogens is 4. The maximum atomic E-state index is 14.1. The van der Waals surface area contributed by atoms with Gasteiger partial charge in [-0.2, -0.15) is 18.4 Å². The lowest BCUT2D eigenvalue weighted by atomic mass is 10.0. The van der Waals surface area contributed by atoms with Gasteiger partial charge >= 0.3 is 6.18 Å². The zero-order chi connectivity index (χ0) is 14.8. The molecule has 0 aliphatic heterocycles. The van der Waals surface area contributed by atoms with E-state index in [-0.39, 0.29) is 23.2 Å². The second-order valence-corrected chi connectivity index (χ2v) is 4.05. The van der Waals surface area contributed by atoms with E-state index in [0.717, 1.165) is 12.1 Å². The molecule has 0 radical (unpaired) electrons. The molecule has 0 bridgehead atoms. The summed E-state index contributed by atoms with van der Waals surface area (Å²) in [5.41, 5.74) is -0.933. The predicted molar refractivity (Wildman–Crippen MR) is 64.0 cm³/mol. The summed E-state index contributed by atoms with van der Waals surface area (Å²) in [6.07, 6.45) is -3.40. The minimum absolute atomic E-state index is 0.0251. The molecule has 2 aromatic rings. The van der Waals surface area contributed by atoms with Gasteiger partial charge in [0, 0.05) is 17.3 Å². The van der Waals surface area contributed by atoms with E-state index >= 15 is 0 Å². The van der Waals surface area contributed by atoms with Crippen molar-refractivity contribution in [2.45, 2.75) is 12.6 Å². The zero-order valence-electron chi connectivity index (χ0n) is 10.1. The Labute approximate surface area is 112 Å². The molecule has 20 heavy (non-hydrogen) atoms. The number of nitriles is 1. The molecule has 1 aromatic heterocycles. The number of hydrogen-bond donors (Lipinski definition) is 0. The standard InChI is InChI=1S/C14H8F4N2/c15-12-9(4-6-19)5-7-20-13(12)10-2-1-3-11(8-10)14(16,17)18/h1-3,5,7-8H,4H2. The van der Waals surface area contributed by atoms with E-state index in [2.05, 4.69) is 4.98 Å². The van der Waals surface area contributed by atoms with E-state index in [1.807, 2.05) is 0 Å². The second-order valence-electron chi connectivity index (χ2n) is 4.05. The maximum Gasteiger partial charge on any atom is 0.416 e. The minimum atomic E-state index is -4.50. The third-order valence-electron chi connectivity index (χ3n) is 2.70. The van der Waals surface area contributed by atoms with Crippen molar-refractivity contribution in [3.63, 3.8) is 0 Å². The molecular weight excluding hydrogens is 272 g/mol. The van der Waals surface area contributed by atoms with Gasteiger partial charge in [-0.3, -0.25) is 4.98 Å². The van der Waals surface area contributed by atoms with Gasteiger partial charge < -0.3 is 0 Å². The average Bonchev–Trinajstić information content (AvgIpc) is 2.41. The first-order chi connectivity index (χ1) is 9.43. The van der Waals surface area contributed by atoms with Crippen LogP contribution in [0.2, 0.25) is 0 Å². The molecule has 0 aliphatic rings. The van der Waals surface area contributed by atoms with E-state index in [4.69, 9.17) is 5.26 Å². The number of rotatable bonds is 2. The third kappa shape index (κ3) is 2.77. The van der Waals surface area contributed by atoms with Gasteiger partial charge in [-0.05, 0) is 18.2 Å². The van der Waals surface area contributed by atoms with Crippen LogP contribution in [0.15, 0.2) is 36.5 Å². The van der Waals surface area contributed by atoms with Gasteiger partial charge in [0.15, 0.2) is 5.82 Å². The van der Waals surface area contributed by atoms with E-state index in [9.17, 15) is 17.6 Å². The molecule has 102 valence electrons. The van der Waals surface area contributed by atoms with Gasteiger partial charge in [-0.15, -0.1) is 0 Å². The van der Waals surface area contributed by atoms with Gasteiger partial charge in [-0.25, -0.2) is 4.39 Å². The topological polar surface area (TPSA) is 36.7 Å². The Kier molecular flexibility index (Phi) is 3.70. The van der Waals surface area contributed by atoms with E-state index in [1.54, 1.807) is 6.07 Å². The van der Waals surface area contributed by atoms with Crippen LogP contribution in [0.3, 0.4) is 0 Å². The third-order valence-corrected chi connectivity index (χ3v) is 2.70. The molecule has 0 atom stereocenters. The first kappa shape index (κ1) is 14.0. The fourth-order valence-corrected chi connectivity index (χ4v) is 1.75. The van der Waals surface area contributed by atoms with Crippen molar-refractivity contribution in [2.75, 3.05) is 0 Å². The summed E-state index contributed by atoms with van der Waals surface area (Å²) in [7, 11) is 0. The molecule has 2 nitrogen and oxygen atoms in total. The largest absolute Gasteiger partial charge is 0.416 e. The van der Waals surface area contributed by atoms with Gasteiger partial charge in [0.2, 0.25) is 0 Å². The zero-order valence-corrected chi connectivity index (χ0v) is 10.1. The van der Waals surface area contributed by atoms with Crippen LogP contribution in [0.4, 0.5) is 17.6 Å². The molecule has 0 unspecified atom stereocenters. The fourth-order valence-electron chi connectivity index (χ4n) is 1.75. The monoisotopic (exact) mass is 280 g/mol. The summed E-state index contributed by atoms with van der Waals surface area (Å²) in [6, 6.07) is 7.39. The number of hydrogen-bond acceptors (Lipinski definition) is 2. The van der Waals surface area contributed by atoms with Crippen molar-refractivity contribution < 1.29 is 17.6 Å². The fraction of sp³-hybridized carbons (Fsp3) is 0.143. The van der Waals surface area contributed by atoms with Crippen LogP contribution in [-0.4, -0.2) is 4.98 Å². The van der Waals surface area contributed by atoms with Gasteiger partial charge in [0.05, 0.1) is 18.1 Å². The summed E-state index contributed by atoms with van der Waals surface area (Å²) >= 11 is 0. The lowest BCUT2D eigenvalue weighted by molar-refractivity contribution is -0.137.